The number of benzene rings is 1. The molecule has 122 valence electrons. The maximum atomic E-state index is 12.3. The van der Waals surface area contributed by atoms with Gasteiger partial charge >= 0.3 is 0 Å². The highest BCUT2D eigenvalue weighted by Crippen LogP contribution is 2.27. The molecule has 1 aromatic heterocycles. The summed E-state index contributed by atoms with van der Waals surface area (Å²) in [6.07, 6.45) is 2.93. The van der Waals surface area contributed by atoms with E-state index in [0.29, 0.717) is 29.7 Å². The molecule has 2 N–H and O–H groups in total. The molecule has 6 nitrogen and oxygen atoms in total. The monoisotopic (exact) mass is 334 g/mol. The number of amides is 1. The second-order valence-corrected chi connectivity index (χ2v) is 5.51. The van der Waals surface area contributed by atoms with Crippen LogP contribution in [0.5, 0.6) is 0 Å². The predicted molar refractivity (Wildman–Crippen MR) is 91.3 cm³/mol. The van der Waals surface area contributed by atoms with Crippen LogP contribution in [0.15, 0.2) is 24.5 Å². The first kappa shape index (κ1) is 17.2. The largest absolute Gasteiger partial charge is 0.383 e. The van der Waals surface area contributed by atoms with Crippen LogP contribution in [0.1, 0.15) is 21.6 Å². The third-order valence-corrected chi connectivity index (χ3v) is 3.47. The van der Waals surface area contributed by atoms with Crippen LogP contribution in [0.25, 0.3) is 0 Å². The maximum absolute atomic E-state index is 12.3. The van der Waals surface area contributed by atoms with E-state index in [1.54, 1.807) is 13.2 Å². The number of carbonyl (C=O) groups excluding carboxylic acids is 1. The fraction of sp³-hybridized carbons (Fsp3) is 0.312. The summed E-state index contributed by atoms with van der Waals surface area (Å²) < 4.78 is 4.94. The van der Waals surface area contributed by atoms with Gasteiger partial charge in [-0.2, -0.15) is 0 Å². The molecule has 0 aliphatic heterocycles. The summed E-state index contributed by atoms with van der Waals surface area (Å²) in [4.78, 5) is 20.5. The topological polar surface area (TPSA) is 76.1 Å². The molecule has 1 heterocycles. The first-order chi connectivity index (χ1) is 11.0. The molecular weight excluding hydrogens is 316 g/mol. The summed E-state index contributed by atoms with van der Waals surface area (Å²) in [5, 5.41) is 6.32. The van der Waals surface area contributed by atoms with E-state index in [4.69, 9.17) is 16.3 Å². The van der Waals surface area contributed by atoms with E-state index in [1.165, 1.54) is 12.4 Å². The number of hydrogen-bond acceptors (Lipinski definition) is 5. The van der Waals surface area contributed by atoms with Gasteiger partial charge in [0.2, 0.25) is 0 Å². The lowest BCUT2D eigenvalue weighted by atomic mass is 10.1. The lowest BCUT2D eigenvalue weighted by Gasteiger charge is -2.11. The second kappa shape index (κ2) is 7.89. The summed E-state index contributed by atoms with van der Waals surface area (Å²) in [5.41, 5.74) is 2.75. The zero-order valence-electron chi connectivity index (χ0n) is 13.3. The lowest BCUT2D eigenvalue weighted by molar-refractivity contribution is 0.102. The number of carbonyl (C=O) groups is 1. The highest BCUT2D eigenvalue weighted by atomic mass is 35.5. The normalized spacial score (nSPS) is 10.4. The van der Waals surface area contributed by atoms with E-state index < -0.39 is 0 Å². The summed E-state index contributed by atoms with van der Waals surface area (Å²) in [7, 11) is 1.62. The van der Waals surface area contributed by atoms with E-state index in [-0.39, 0.29) is 11.6 Å². The van der Waals surface area contributed by atoms with Crippen LogP contribution in [0.3, 0.4) is 0 Å². The number of aromatic nitrogens is 2. The van der Waals surface area contributed by atoms with Crippen molar-refractivity contribution in [1.29, 1.82) is 0 Å². The number of methoxy groups -OCH3 is 1. The van der Waals surface area contributed by atoms with Crippen LogP contribution in [0, 0.1) is 13.8 Å². The van der Waals surface area contributed by atoms with Crippen LogP contribution >= 0.6 is 11.6 Å². The van der Waals surface area contributed by atoms with E-state index >= 15 is 0 Å². The molecule has 2 rings (SSSR count). The van der Waals surface area contributed by atoms with E-state index in [0.717, 1.165) is 11.1 Å². The molecular formula is C16H19ClN4O2. The van der Waals surface area contributed by atoms with Gasteiger partial charge in [0.15, 0.2) is 0 Å². The molecule has 0 radical (unpaired) electrons. The van der Waals surface area contributed by atoms with Gasteiger partial charge in [-0.15, -0.1) is 0 Å². The van der Waals surface area contributed by atoms with Gasteiger partial charge in [0.05, 0.1) is 29.7 Å². The molecule has 7 heteroatoms. The Bertz CT molecular complexity index is 666. The molecule has 1 amide bonds. The van der Waals surface area contributed by atoms with Crippen molar-refractivity contribution < 1.29 is 9.53 Å². The minimum absolute atomic E-state index is 0.221. The van der Waals surface area contributed by atoms with Crippen LogP contribution in [0.4, 0.5) is 11.5 Å². The number of hydrogen-bond donors (Lipinski definition) is 2. The molecule has 1 aromatic carbocycles. The fourth-order valence-electron chi connectivity index (χ4n) is 2.07. The lowest BCUT2D eigenvalue weighted by Crippen LogP contribution is -2.16. The maximum Gasteiger partial charge on any atom is 0.275 e. The minimum atomic E-state index is -0.352. The van der Waals surface area contributed by atoms with Crippen LogP contribution in [-0.2, 0) is 4.74 Å². The third kappa shape index (κ3) is 4.64. The molecule has 0 aliphatic rings. The first-order valence-corrected chi connectivity index (χ1v) is 7.52. The zero-order chi connectivity index (χ0) is 16.8. The number of aryl methyl sites for hydroxylation is 2. The van der Waals surface area contributed by atoms with Crippen molar-refractivity contribution in [3.8, 4) is 0 Å². The average Bonchev–Trinajstić information content (AvgIpc) is 2.51. The van der Waals surface area contributed by atoms with Crippen LogP contribution in [0.2, 0.25) is 5.02 Å². The number of rotatable bonds is 6. The molecule has 0 atom stereocenters. The number of nitrogens with zero attached hydrogens (tertiary/aromatic N) is 2. The molecule has 0 saturated carbocycles. The molecule has 0 fully saturated rings. The summed E-state index contributed by atoms with van der Waals surface area (Å²) in [6.45, 7) is 5.03. The van der Waals surface area contributed by atoms with Gasteiger partial charge < -0.3 is 15.4 Å². The van der Waals surface area contributed by atoms with Gasteiger partial charge in [-0.3, -0.25) is 4.79 Å². The Morgan fingerprint density at radius 3 is 2.65 bits per heavy atom. The van der Waals surface area contributed by atoms with Crippen molar-refractivity contribution in [2.45, 2.75) is 13.8 Å². The molecule has 23 heavy (non-hydrogen) atoms. The smallest absolute Gasteiger partial charge is 0.275 e. The number of halogens is 1. The van der Waals surface area contributed by atoms with Gasteiger partial charge in [-0.25, -0.2) is 9.97 Å². The Morgan fingerprint density at radius 2 is 2.04 bits per heavy atom. The van der Waals surface area contributed by atoms with Gasteiger partial charge in [0, 0.05) is 13.7 Å². The molecule has 0 aliphatic carbocycles. The Kier molecular flexibility index (Phi) is 5.90. The van der Waals surface area contributed by atoms with Crippen molar-refractivity contribution in [2.75, 3.05) is 30.9 Å². The number of ether oxygens (including phenoxy) is 1. The van der Waals surface area contributed by atoms with Gasteiger partial charge in [0.1, 0.15) is 11.5 Å². The van der Waals surface area contributed by atoms with Gasteiger partial charge in [-0.1, -0.05) is 17.7 Å². The van der Waals surface area contributed by atoms with Crippen molar-refractivity contribution >= 4 is 29.0 Å². The Morgan fingerprint density at radius 1 is 1.26 bits per heavy atom. The third-order valence-electron chi connectivity index (χ3n) is 3.17. The minimum Gasteiger partial charge on any atom is -0.383 e. The summed E-state index contributed by atoms with van der Waals surface area (Å²) in [6, 6.07) is 3.76. The van der Waals surface area contributed by atoms with Crippen molar-refractivity contribution in [3.63, 3.8) is 0 Å². The number of anilines is 2. The summed E-state index contributed by atoms with van der Waals surface area (Å²) in [5.74, 6) is 0.234. The Labute approximate surface area is 140 Å². The highest BCUT2D eigenvalue weighted by Gasteiger charge is 2.13. The standard InChI is InChI=1S/C16H19ClN4O2/c1-10-6-11(2)15(12(17)7-10)21-16(22)13-8-20-14(9-19-13)18-4-5-23-3/h6-9H,4-5H2,1-3H3,(H,18,20)(H,21,22). The molecule has 0 spiro atoms. The molecule has 2 aromatic rings. The Balaban J connectivity index is 2.06. The van der Waals surface area contributed by atoms with Crippen molar-refractivity contribution in [2.24, 2.45) is 0 Å². The summed E-state index contributed by atoms with van der Waals surface area (Å²) >= 11 is 6.19. The number of nitrogens with one attached hydrogen (secondary N) is 2. The molecule has 0 bridgehead atoms. The van der Waals surface area contributed by atoms with E-state index in [2.05, 4.69) is 20.6 Å². The van der Waals surface area contributed by atoms with Gasteiger partial charge in [-0.05, 0) is 31.0 Å². The highest BCUT2D eigenvalue weighted by molar-refractivity contribution is 6.34. The quantitative estimate of drug-likeness (QED) is 0.794. The van der Waals surface area contributed by atoms with E-state index in [1.807, 2.05) is 19.9 Å². The molecule has 0 unspecified atom stereocenters. The predicted octanol–water partition coefficient (Wildman–Crippen LogP) is 3.06. The Hall–Kier alpha value is -2.18. The average molecular weight is 335 g/mol. The van der Waals surface area contributed by atoms with E-state index in [9.17, 15) is 4.79 Å². The SMILES string of the molecule is COCCNc1cnc(C(=O)Nc2c(C)cc(C)cc2Cl)cn1. The zero-order valence-corrected chi connectivity index (χ0v) is 14.1. The van der Waals surface area contributed by atoms with Crippen molar-refractivity contribution in [1.82, 2.24) is 9.97 Å². The first-order valence-electron chi connectivity index (χ1n) is 7.14. The molecule has 0 saturated heterocycles. The van der Waals surface area contributed by atoms with Crippen LogP contribution < -0.4 is 10.6 Å². The fourth-order valence-corrected chi connectivity index (χ4v) is 2.44. The second-order valence-electron chi connectivity index (χ2n) is 5.10. The van der Waals surface area contributed by atoms with Gasteiger partial charge in [0.25, 0.3) is 5.91 Å². The van der Waals surface area contributed by atoms with Crippen molar-refractivity contribution in [3.05, 3.63) is 46.4 Å². The van der Waals surface area contributed by atoms with Crippen LogP contribution in [-0.4, -0.2) is 36.1 Å².